The SMILES string of the molecule is CCOc1ccc(NC(=O)CCC(=O)NN=Cc2cc(Br)ccc2OCC)cc1. The summed E-state index contributed by atoms with van der Waals surface area (Å²) in [6.45, 7) is 4.90. The lowest BCUT2D eigenvalue weighted by Gasteiger charge is -2.07. The normalized spacial score (nSPS) is 10.6. The van der Waals surface area contributed by atoms with Crippen LogP contribution in [0.15, 0.2) is 52.0 Å². The van der Waals surface area contributed by atoms with Gasteiger partial charge in [0.25, 0.3) is 0 Å². The summed E-state index contributed by atoms with van der Waals surface area (Å²) in [5.41, 5.74) is 3.80. The van der Waals surface area contributed by atoms with Crippen LogP contribution in [0.2, 0.25) is 0 Å². The third-order valence-corrected chi connectivity index (χ3v) is 4.19. The molecule has 0 radical (unpaired) electrons. The molecule has 29 heavy (non-hydrogen) atoms. The first-order valence-corrected chi connectivity index (χ1v) is 10.1. The molecule has 0 unspecified atom stereocenters. The number of carbonyl (C=O) groups is 2. The highest BCUT2D eigenvalue weighted by atomic mass is 79.9. The number of hydrazone groups is 1. The fourth-order valence-corrected chi connectivity index (χ4v) is 2.77. The van der Waals surface area contributed by atoms with Crippen LogP contribution in [-0.2, 0) is 9.59 Å². The Morgan fingerprint density at radius 2 is 1.69 bits per heavy atom. The van der Waals surface area contributed by atoms with Gasteiger partial charge in [0.15, 0.2) is 0 Å². The second-order valence-electron chi connectivity index (χ2n) is 5.91. The van der Waals surface area contributed by atoms with Crippen molar-refractivity contribution in [1.29, 1.82) is 0 Å². The number of hydrogen-bond donors (Lipinski definition) is 2. The molecule has 8 heteroatoms. The Bertz CT molecular complexity index is 854. The predicted molar refractivity (Wildman–Crippen MR) is 117 cm³/mol. The van der Waals surface area contributed by atoms with Crippen molar-refractivity contribution >= 4 is 39.6 Å². The quantitative estimate of drug-likeness (QED) is 0.411. The molecule has 0 fully saturated rings. The van der Waals surface area contributed by atoms with Crippen LogP contribution in [0.25, 0.3) is 0 Å². The zero-order valence-corrected chi connectivity index (χ0v) is 18.0. The maximum absolute atomic E-state index is 12.0. The van der Waals surface area contributed by atoms with Crippen molar-refractivity contribution in [2.45, 2.75) is 26.7 Å². The van der Waals surface area contributed by atoms with Gasteiger partial charge in [-0.1, -0.05) is 15.9 Å². The second-order valence-corrected chi connectivity index (χ2v) is 6.83. The first-order chi connectivity index (χ1) is 14.0. The van der Waals surface area contributed by atoms with E-state index in [2.05, 4.69) is 31.8 Å². The maximum atomic E-state index is 12.0. The van der Waals surface area contributed by atoms with Gasteiger partial charge in [0.05, 0.1) is 19.4 Å². The average Bonchev–Trinajstić information content (AvgIpc) is 2.70. The van der Waals surface area contributed by atoms with E-state index in [0.29, 0.717) is 24.7 Å². The zero-order valence-electron chi connectivity index (χ0n) is 16.4. The van der Waals surface area contributed by atoms with Gasteiger partial charge in [0.1, 0.15) is 11.5 Å². The van der Waals surface area contributed by atoms with E-state index >= 15 is 0 Å². The summed E-state index contributed by atoms with van der Waals surface area (Å²) in [6.07, 6.45) is 1.58. The molecule has 7 nitrogen and oxygen atoms in total. The van der Waals surface area contributed by atoms with E-state index in [-0.39, 0.29) is 24.7 Å². The van der Waals surface area contributed by atoms with E-state index in [9.17, 15) is 9.59 Å². The third-order valence-electron chi connectivity index (χ3n) is 3.69. The smallest absolute Gasteiger partial charge is 0.240 e. The van der Waals surface area contributed by atoms with E-state index in [4.69, 9.17) is 9.47 Å². The molecule has 2 N–H and O–H groups in total. The summed E-state index contributed by atoms with van der Waals surface area (Å²) in [7, 11) is 0. The van der Waals surface area contributed by atoms with E-state index in [1.807, 2.05) is 32.0 Å². The molecule has 0 saturated carbocycles. The van der Waals surface area contributed by atoms with Crippen LogP contribution in [0.4, 0.5) is 5.69 Å². The van der Waals surface area contributed by atoms with Gasteiger partial charge in [-0.2, -0.15) is 5.10 Å². The van der Waals surface area contributed by atoms with E-state index in [1.165, 1.54) is 6.21 Å². The first kappa shape index (κ1) is 22.4. The lowest BCUT2D eigenvalue weighted by molar-refractivity contribution is -0.124. The number of benzene rings is 2. The van der Waals surface area contributed by atoms with Crippen LogP contribution in [-0.4, -0.2) is 31.2 Å². The van der Waals surface area contributed by atoms with Crippen molar-refractivity contribution in [2.24, 2.45) is 5.10 Å². The van der Waals surface area contributed by atoms with Crippen molar-refractivity contribution in [3.05, 3.63) is 52.5 Å². The Morgan fingerprint density at radius 3 is 2.38 bits per heavy atom. The molecule has 0 aliphatic heterocycles. The topological polar surface area (TPSA) is 89.0 Å². The Hall–Kier alpha value is -2.87. The fraction of sp³-hybridized carbons (Fsp3) is 0.286. The molecule has 0 aliphatic rings. The number of amides is 2. The number of carbonyl (C=O) groups excluding carboxylic acids is 2. The Morgan fingerprint density at radius 1 is 1.00 bits per heavy atom. The van der Waals surface area contributed by atoms with Gasteiger partial charge in [0, 0.05) is 28.6 Å². The highest BCUT2D eigenvalue weighted by Crippen LogP contribution is 2.21. The number of nitrogens with zero attached hydrogens (tertiary/aromatic N) is 1. The van der Waals surface area contributed by atoms with Gasteiger partial charge in [-0.25, -0.2) is 5.43 Å². The summed E-state index contributed by atoms with van der Waals surface area (Å²) < 4.78 is 11.7. The average molecular weight is 462 g/mol. The highest BCUT2D eigenvalue weighted by molar-refractivity contribution is 9.10. The van der Waals surface area contributed by atoms with Crippen LogP contribution in [0.1, 0.15) is 32.3 Å². The Kier molecular flexibility index (Phi) is 9.17. The molecule has 154 valence electrons. The minimum absolute atomic E-state index is 0.0248. The molecule has 2 rings (SSSR count). The second kappa shape index (κ2) is 11.9. The minimum Gasteiger partial charge on any atom is -0.494 e. The standard InChI is InChI=1S/C21H24BrN3O4/c1-3-28-18-8-6-17(7-9-18)24-20(26)11-12-21(27)25-23-14-15-13-16(22)5-10-19(15)29-4-2/h5-10,13-14H,3-4,11-12H2,1-2H3,(H,24,26)(H,25,27). The largest absolute Gasteiger partial charge is 0.494 e. The van der Waals surface area contributed by atoms with Gasteiger partial charge < -0.3 is 14.8 Å². The number of rotatable bonds is 10. The minimum atomic E-state index is -0.351. The molecule has 0 bridgehead atoms. The first-order valence-electron chi connectivity index (χ1n) is 9.28. The molecule has 2 aromatic rings. The number of anilines is 1. The zero-order chi connectivity index (χ0) is 21.1. The van der Waals surface area contributed by atoms with E-state index < -0.39 is 0 Å². The molecule has 0 aliphatic carbocycles. The number of nitrogens with one attached hydrogen (secondary N) is 2. The molecule has 0 spiro atoms. The van der Waals surface area contributed by atoms with Gasteiger partial charge in [-0.15, -0.1) is 0 Å². The molecule has 0 saturated heterocycles. The maximum Gasteiger partial charge on any atom is 0.240 e. The van der Waals surface area contributed by atoms with Crippen molar-refractivity contribution in [3.63, 3.8) is 0 Å². The molecular formula is C21H24BrN3O4. The van der Waals surface area contributed by atoms with Crippen molar-refractivity contribution in [1.82, 2.24) is 5.43 Å². The van der Waals surface area contributed by atoms with Crippen molar-refractivity contribution < 1.29 is 19.1 Å². The summed E-state index contributed by atoms with van der Waals surface area (Å²) in [4.78, 5) is 23.9. The van der Waals surface area contributed by atoms with Crippen LogP contribution in [0.3, 0.4) is 0 Å². The molecule has 0 atom stereocenters. The number of halogens is 1. The van der Waals surface area contributed by atoms with Crippen LogP contribution in [0, 0.1) is 0 Å². The molecule has 0 heterocycles. The number of ether oxygens (including phenoxy) is 2. The molecule has 2 amide bonds. The van der Waals surface area contributed by atoms with Crippen LogP contribution >= 0.6 is 15.9 Å². The van der Waals surface area contributed by atoms with Gasteiger partial charge in [-0.3, -0.25) is 9.59 Å². The number of hydrogen-bond acceptors (Lipinski definition) is 5. The highest BCUT2D eigenvalue weighted by Gasteiger charge is 2.07. The van der Waals surface area contributed by atoms with Gasteiger partial charge >= 0.3 is 0 Å². The van der Waals surface area contributed by atoms with E-state index in [0.717, 1.165) is 15.8 Å². The molecular weight excluding hydrogens is 438 g/mol. The van der Waals surface area contributed by atoms with Crippen molar-refractivity contribution in [3.8, 4) is 11.5 Å². The lowest BCUT2D eigenvalue weighted by Crippen LogP contribution is -2.20. The Balaban J connectivity index is 1.78. The van der Waals surface area contributed by atoms with E-state index in [1.54, 1.807) is 24.3 Å². The van der Waals surface area contributed by atoms with Gasteiger partial charge in [0.2, 0.25) is 11.8 Å². The van der Waals surface area contributed by atoms with Crippen LogP contribution < -0.4 is 20.2 Å². The molecule has 0 aromatic heterocycles. The molecule has 2 aromatic carbocycles. The fourth-order valence-electron chi connectivity index (χ4n) is 2.39. The predicted octanol–water partition coefficient (Wildman–Crippen LogP) is 4.12. The summed E-state index contributed by atoms with van der Waals surface area (Å²) in [5, 5.41) is 6.69. The van der Waals surface area contributed by atoms with Crippen molar-refractivity contribution in [2.75, 3.05) is 18.5 Å². The monoisotopic (exact) mass is 461 g/mol. The third kappa shape index (κ3) is 7.95. The lowest BCUT2D eigenvalue weighted by atomic mass is 10.2. The summed E-state index contributed by atoms with van der Waals surface area (Å²) >= 11 is 3.39. The van der Waals surface area contributed by atoms with Gasteiger partial charge in [-0.05, 0) is 56.3 Å². The van der Waals surface area contributed by atoms with Crippen LogP contribution in [0.5, 0.6) is 11.5 Å². The summed E-state index contributed by atoms with van der Waals surface area (Å²) in [6, 6.07) is 12.6. The Labute approximate surface area is 178 Å². The summed E-state index contributed by atoms with van der Waals surface area (Å²) in [5.74, 6) is 0.805.